The fourth-order valence-corrected chi connectivity index (χ4v) is 2.95. The van der Waals surface area contributed by atoms with Crippen molar-refractivity contribution in [2.75, 3.05) is 11.9 Å². The fraction of sp³-hybridized carbons (Fsp3) is 0.533. The molecule has 1 heterocycles. The molecule has 1 aliphatic carbocycles. The van der Waals surface area contributed by atoms with Gasteiger partial charge in [-0.3, -0.25) is 0 Å². The molecule has 2 atom stereocenters. The number of aliphatic carboxylic acids is 1. The summed E-state index contributed by atoms with van der Waals surface area (Å²) in [6.45, 7) is 0.683. The van der Waals surface area contributed by atoms with E-state index in [1.807, 2.05) is 0 Å². The number of carboxylic acids is 1. The first kappa shape index (κ1) is 12.5. The standard InChI is InChI=1S/C15H19NO3/c17-15(18)14-7-6-13(19-14)9-16-12-5-4-10-2-1-3-11(10)8-12/h4-5,8,13-14,16H,1-3,6-7,9H2,(H,17,18). The molecule has 1 fully saturated rings. The highest BCUT2D eigenvalue weighted by atomic mass is 16.5. The molecule has 4 nitrogen and oxygen atoms in total. The van der Waals surface area contributed by atoms with Crippen molar-refractivity contribution < 1.29 is 14.6 Å². The van der Waals surface area contributed by atoms with E-state index in [0.29, 0.717) is 13.0 Å². The number of hydrogen-bond donors (Lipinski definition) is 2. The highest BCUT2D eigenvalue weighted by molar-refractivity contribution is 5.72. The van der Waals surface area contributed by atoms with Gasteiger partial charge in [-0.2, -0.15) is 0 Å². The molecule has 2 unspecified atom stereocenters. The van der Waals surface area contributed by atoms with E-state index in [9.17, 15) is 4.79 Å². The van der Waals surface area contributed by atoms with E-state index in [4.69, 9.17) is 9.84 Å². The number of rotatable bonds is 4. The Labute approximate surface area is 112 Å². The molecule has 0 aromatic heterocycles. The van der Waals surface area contributed by atoms with E-state index >= 15 is 0 Å². The molecule has 1 aromatic rings. The molecule has 2 aliphatic rings. The maximum absolute atomic E-state index is 10.8. The SMILES string of the molecule is O=C(O)C1CCC(CNc2ccc3c(c2)CCC3)O1. The van der Waals surface area contributed by atoms with Gasteiger partial charge < -0.3 is 15.2 Å². The van der Waals surface area contributed by atoms with Crippen LogP contribution in [0.25, 0.3) is 0 Å². The largest absolute Gasteiger partial charge is 0.479 e. The van der Waals surface area contributed by atoms with Gasteiger partial charge in [-0.05, 0) is 55.4 Å². The first-order valence-corrected chi connectivity index (χ1v) is 6.96. The summed E-state index contributed by atoms with van der Waals surface area (Å²) in [5.41, 5.74) is 4.03. The van der Waals surface area contributed by atoms with Gasteiger partial charge in [0.05, 0.1) is 6.10 Å². The molecule has 19 heavy (non-hydrogen) atoms. The average molecular weight is 261 g/mol. The second-order valence-electron chi connectivity index (χ2n) is 5.38. The Balaban J connectivity index is 1.54. The third kappa shape index (κ3) is 2.73. The molecule has 102 valence electrons. The summed E-state index contributed by atoms with van der Waals surface area (Å²) in [4.78, 5) is 10.8. The van der Waals surface area contributed by atoms with Crippen LogP contribution in [0.1, 0.15) is 30.4 Å². The molecule has 0 amide bonds. The van der Waals surface area contributed by atoms with Crippen LogP contribution in [-0.2, 0) is 22.4 Å². The summed E-state index contributed by atoms with van der Waals surface area (Å²) < 4.78 is 5.48. The fourth-order valence-electron chi connectivity index (χ4n) is 2.95. The molecule has 1 aliphatic heterocycles. The Morgan fingerprint density at radius 3 is 2.95 bits per heavy atom. The normalized spacial score (nSPS) is 25.3. The number of aryl methyl sites for hydroxylation is 2. The lowest BCUT2D eigenvalue weighted by atomic mass is 10.1. The quantitative estimate of drug-likeness (QED) is 0.872. The molecule has 0 spiro atoms. The Morgan fingerprint density at radius 1 is 1.32 bits per heavy atom. The van der Waals surface area contributed by atoms with Crippen LogP contribution in [0.2, 0.25) is 0 Å². The Hall–Kier alpha value is -1.55. The second kappa shape index (κ2) is 5.21. The molecular weight excluding hydrogens is 242 g/mol. The van der Waals surface area contributed by atoms with Crippen molar-refractivity contribution in [3.63, 3.8) is 0 Å². The molecule has 1 saturated heterocycles. The van der Waals surface area contributed by atoms with Crippen LogP contribution in [0, 0.1) is 0 Å². The van der Waals surface area contributed by atoms with Crippen molar-refractivity contribution in [3.8, 4) is 0 Å². The first-order valence-electron chi connectivity index (χ1n) is 6.96. The van der Waals surface area contributed by atoms with E-state index in [2.05, 4.69) is 23.5 Å². The number of anilines is 1. The number of hydrogen-bond acceptors (Lipinski definition) is 3. The van der Waals surface area contributed by atoms with E-state index in [1.165, 1.54) is 30.4 Å². The van der Waals surface area contributed by atoms with Crippen molar-refractivity contribution in [1.82, 2.24) is 0 Å². The van der Waals surface area contributed by atoms with Crippen LogP contribution in [0.5, 0.6) is 0 Å². The van der Waals surface area contributed by atoms with Crippen molar-refractivity contribution in [3.05, 3.63) is 29.3 Å². The number of fused-ring (bicyclic) bond motifs is 1. The van der Waals surface area contributed by atoms with Crippen molar-refractivity contribution >= 4 is 11.7 Å². The molecule has 2 N–H and O–H groups in total. The number of carboxylic acid groups (broad SMARTS) is 1. The summed E-state index contributed by atoms with van der Waals surface area (Å²) in [6.07, 6.45) is 4.44. The minimum Gasteiger partial charge on any atom is -0.479 e. The monoisotopic (exact) mass is 261 g/mol. The topological polar surface area (TPSA) is 58.6 Å². The number of nitrogens with one attached hydrogen (secondary N) is 1. The van der Waals surface area contributed by atoms with Gasteiger partial charge in [0.1, 0.15) is 0 Å². The van der Waals surface area contributed by atoms with Gasteiger partial charge in [-0.25, -0.2) is 4.79 Å². The maximum Gasteiger partial charge on any atom is 0.332 e. The molecular formula is C15H19NO3. The zero-order chi connectivity index (χ0) is 13.2. The lowest BCUT2D eigenvalue weighted by Crippen LogP contribution is -2.24. The van der Waals surface area contributed by atoms with Gasteiger partial charge in [-0.15, -0.1) is 0 Å². The van der Waals surface area contributed by atoms with Gasteiger partial charge in [-0.1, -0.05) is 6.07 Å². The summed E-state index contributed by atoms with van der Waals surface area (Å²) in [5.74, 6) is -0.847. The zero-order valence-electron chi connectivity index (χ0n) is 10.9. The minimum absolute atomic E-state index is 0.00866. The lowest BCUT2D eigenvalue weighted by Gasteiger charge is -2.14. The molecule has 0 bridgehead atoms. The summed E-state index contributed by atoms with van der Waals surface area (Å²) in [5, 5.41) is 12.2. The number of ether oxygens (including phenoxy) is 1. The summed E-state index contributed by atoms with van der Waals surface area (Å²) in [6, 6.07) is 6.51. The van der Waals surface area contributed by atoms with Crippen molar-refractivity contribution in [1.29, 1.82) is 0 Å². The smallest absolute Gasteiger partial charge is 0.332 e. The van der Waals surface area contributed by atoms with Crippen molar-refractivity contribution in [2.24, 2.45) is 0 Å². The molecule has 0 saturated carbocycles. The lowest BCUT2D eigenvalue weighted by molar-refractivity contribution is -0.149. The Bertz CT molecular complexity index is 486. The summed E-state index contributed by atoms with van der Waals surface area (Å²) >= 11 is 0. The van der Waals surface area contributed by atoms with Crippen LogP contribution in [0.3, 0.4) is 0 Å². The van der Waals surface area contributed by atoms with E-state index in [1.54, 1.807) is 0 Å². The highest BCUT2D eigenvalue weighted by Crippen LogP contribution is 2.25. The van der Waals surface area contributed by atoms with Crippen LogP contribution in [-0.4, -0.2) is 29.8 Å². The van der Waals surface area contributed by atoms with E-state index < -0.39 is 12.1 Å². The molecule has 4 heteroatoms. The second-order valence-corrected chi connectivity index (χ2v) is 5.38. The predicted octanol–water partition coefficient (Wildman–Crippen LogP) is 2.22. The zero-order valence-corrected chi connectivity index (χ0v) is 10.9. The van der Waals surface area contributed by atoms with Gasteiger partial charge in [0.2, 0.25) is 0 Å². The van der Waals surface area contributed by atoms with Gasteiger partial charge in [0, 0.05) is 12.2 Å². The van der Waals surface area contributed by atoms with Gasteiger partial charge in [0.25, 0.3) is 0 Å². The van der Waals surface area contributed by atoms with Gasteiger partial charge >= 0.3 is 5.97 Å². The van der Waals surface area contributed by atoms with E-state index in [-0.39, 0.29) is 6.10 Å². The van der Waals surface area contributed by atoms with Crippen LogP contribution >= 0.6 is 0 Å². The van der Waals surface area contributed by atoms with Crippen molar-refractivity contribution in [2.45, 2.75) is 44.3 Å². The van der Waals surface area contributed by atoms with Crippen LogP contribution < -0.4 is 5.32 Å². The summed E-state index contributed by atoms with van der Waals surface area (Å²) in [7, 11) is 0. The minimum atomic E-state index is -0.847. The predicted molar refractivity (Wildman–Crippen MR) is 72.5 cm³/mol. The third-order valence-corrected chi connectivity index (χ3v) is 4.02. The maximum atomic E-state index is 10.8. The number of carbonyl (C=O) groups is 1. The molecule has 3 rings (SSSR count). The Morgan fingerprint density at radius 2 is 2.16 bits per heavy atom. The molecule has 0 radical (unpaired) electrons. The van der Waals surface area contributed by atoms with E-state index in [0.717, 1.165) is 12.1 Å². The third-order valence-electron chi connectivity index (χ3n) is 4.02. The average Bonchev–Trinajstić information content (AvgIpc) is 3.04. The first-order chi connectivity index (χ1) is 9.22. The molecule has 1 aromatic carbocycles. The number of benzene rings is 1. The van der Waals surface area contributed by atoms with Crippen LogP contribution in [0.15, 0.2) is 18.2 Å². The van der Waals surface area contributed by atoms with Gasteiger partial charge in [0.15, 0.2) is 6.10 Å². The Kier molecular flexibility index (Phi) is 3.42. The van der Waals surface area contributed by atoms with Crippen LogP contribution in [0.4, 0.5) is 5.69 Å². The highest BCUT2D eigenvalue weighted by Gasteiger charge is 2.30.